The summed E-state index contributed by atoms with van der Waals surface area (Å²) in [6.45, 7) is 0. The van der Waals surface area contributed by atoms with E-state index in [2.05, 4.69) is 6.07 Å². The zero-order valence-electron chi connectivity index (χ0n) is 10.3. The third-order valence-electron chi connectivity index (χ3n) is 3.29. The molecule has 0 fully saturated rings. The van der Waals surface area contributed by atoms with E-state index in [1.807, 2.05) is 24.3 Å². The first-order chi connectivity index (χ1) is 9.71. The molecule has 94 valence electrons. The Morgan fingerprint density at radius 2 is 1.70 bits per heavy atom. The molecular formula is C16H8N2OSe. The van der Waals surface area contributed by atoms with Gasteiger partial charge in [-0.25, -0.2) is 0 Å². The summed E-state index contributed by atoms with van der Waals surface area (Å²) in [5.74, 6) is -0.125. The van der Waals surface area contributed by atoms with Crippen molar-refractivity contribution in [3.05, 3.63) is 65.2 Å². The van der Waals surface area contributed by atoms with Gasteiger partial charge in [0.15, 0.2) is 0 Å². The number of Topliss-reactive ketones (excluding diaryl/α,β-unsaturated/α-hetero) is 1. The third-order valence-corrected chi connectivity index (χ3v) is 6.22. The Hall–Kier alpha value is -2.39. The quantitative estimate of drug-likeness (QED) is 0.747. The van der Waals surface area contributed by atoms with E-state index < -0.39 is 4.31 Å². The Labute approximate surface area is 122 Å². The van der Waals surface area contributed by atoms with Crippen molar-refractivity contribution >= 4 is 25.2 Å². The molecule has 2 aromatic rings. The van der Waals surface area contributed by atoms with E-state index in [1.165, 1.54) is 0 Å². The maximum absolute atomic E-state index is 12.6. The second-order valence-electron chi connectivity index (χ2n) is 4.41. The van der Waals surface area contributed by atoms with Gasteiger partial charge in [0.25, 0.3) is 0 Å². The van der Waals surface area contributed by atoms with E-state index in [4.69, 9.17) is 5.26 Å². The Morgan fingerprint density at radius 3 is 2.30 bits per heavy atom. The molecule has 3 rings (SSSR count). The molecule has 1 atom stereocenters. The van der Waals surface area contributed by atoms with Crippen molar-refractivity contribution in [3.63, 3.8) is 0 Å². The monoisotopic (exact) mass is 324 g/mol. The summed E-state index contributed by atoms with van der Waals surface area (Å²) in [4.78, 5) is 12.6. The van der Waals surface area contributed by atoms with Crippen molar-refractivity contribution in [1.29, 1.82) is 10.5 Å². The molecule has 0 spiro atoms. The molecule has 20 heavy (non-hydrogen) atoms. The number of hydrogen-bond acceptors (Lipinski definition) is 3. The molecular weight excluding hydrogens is 315 g/mol. The fourth-order valence-corrected chi connectivity index (χ4v) is 4.87. The standard InChI is InChI=1S/C16H8N2OSe/c17-9-11-5-7-12(8-6-11)16(10-18)15(19)13-3-1-2-4-14(13)20-16/h1-8H. The maximum atomic E-state index is 12.6. The van der Waals surface area contributed by atoms with E-state index >= 15 is 0 Å². The first-order valence-corrected chi connectivity index (χ1v) is 7.67. The average Bonchev–Trinajstić information content (AvgIpc) is 2.81. The summed E-state index contributed by atoms with van der Waals surface area (Å²) < 4.78 is -0.124. The number of carbonyl (C=O) groups is 1. The van der Waals surface area contributed by atoms with Crippen molar-refractivity contribution in [2.45, 2.75) is 4.31 Å². The first-order valence-electron chi connectivity index (χ1n) is 5.96. The van der Waals surface area contributed by atoms with Gasteiger partial charge in [-0.3, -0.25) is 0 Å². The van der Waals surface area contributed by atoms with Crippen LogP contribution in [0.5, 0.6) is 0 Å². The Morgan fingerprint density at radius 1 is 1.00 bits per heavy atom. The van der Waals surface area contributed by atoms with Crippen LogP contribution < -0.4 is 4.46 Å². The van der Waals surface area contributed by atoms with E-state index in [9.17, 15) is 10.1 Å². The molecule has 1 unspecified atom stereocenters. The molecule has 0 saturated heterocycles. The second kappa shape index (κ2) is 4.62. The van der Waals surface area contributed by atoms with Crippen LogP contribution in [0.2, 0.25) is 0 Å². The molecule has 0 N–H and O–H groups in total. The molecule has 0 saturated carbocycles. The second-order valence-corrected chi connectivity index (χ2v) is 7.05. The van der Waals surface area contributed by atoms with Crippen LogP contribution in [-0.2, 0) is 4.31 Å². The molecule has 0 radical (unpaired) electrons. The summed E-state index contributed by atoms with van der Waals surface area (Å²) in [7, 11) is 0. The van der Waals surface area contributed by atoms with Gasteiger partial charge in [0.1, 0.15) is 0 Å². The minimum atomic E-state index is -1.09. The Kier molecular flexibility index (Phi) is 2.92. The Bertz CT molecular complexity index is 783. The minimum absolute atomic E-state index is 0.125. The molecule has 1 heterocycles. The molecule has 1 aliphatic rings. The zero-order valence-corrected chi connectivity index (χ0v) is 12.0. The van der Waals surface area contributed by atoms with E-state index in [1.54, 1.807) is 30.3 Å². The van der Waals surface area contributed by atoms with Crippen LogP contribution >= 0.6 is 0 Å². The summed E-state index contributed by atoms with van der Waals surface area (Å²) in [5.41, 5.74) is 1.86. The van der Waals surface area contributed by atoms with Gasteiger partial charge in [-0.05, 0) is 0 Å². The normalized spacial score (nSPS) is 20.0. The van der Waals surface area contributed by atoms with Gasteiger partial charge in [0.05, 0.1) is 0 Å². The van der Waals surface area contributed by atoms with Crippen LogP contribution in [0.25, 0.3) is 0 Å². The number of carbonyl (C=O) groups excluding carboxylic acids is 1. The summed E-state index contributed by atoms with van der Waals surface area (Å²) in [5, 5.41) is 18.4. The van der Waals surface area contributed by atoms with Crippen molar-refractivity contribution in [1.82, 2.24) is 0 Å². The molecule has 0 amide bonds. The number of ketones is 1. The van der Waals surface area contributed by atoms with Crippen LogP contribution in [0.4, 0.5) is 0 Å². The van der Waals surface area contributed by atoms with E-state index in [-0.39, 0.29) is 20.7 Å². The van der Waals surface area contributed by atoms with Crippen molar-refractivity contribution in [2.24, 2.45) is 0 Å². The van der Waals surface area contributed by atoms with Gasteiger partial charge in [-0.2, -0.15) is 0 Å². The Balaban J connectivity index is 2.13. The van der Waals surface area contributed by atoms with Gasteiger partial charge in [-0.1, -0.05) is 0 Å². The fraction of sp³-hybridized carbons (Fsp3) is 0.0625. The van der Waals surface area contributed by atoms with Gasteiger partial charge >= 0.3 is 122 Å². The molecule has 0 bridgehead atoms. The number of nitrogens with zero attached hydrogens (tertiary/aromatic N) is 2. The number of hydrogen-bond donors (Lipinski definition) is 0. The predicted octanol–water partition coefficient (Wildman–Crippen LogP) is 1.50. The van der Waals surface area contributed by atoms with E-state index in [0.29, 0.717) is 16.7 Å². The average molecular weight is 323 g/mol. The third kappa shape index (κ3) is 1.67. The van der Waals surface area contributed by atoms with E-state index in [0.717, 1.165) is 4.46 Å². The molecule has 3 nitrogen and oxygen atoms in total. The number of rotatable bonds is 1. The molecule has 1 aliphatic heterocycles. The predicted molar refractivity (Wildman–Crippen MR) is 74.6 cm³/mol. The van der Waals surface area contributed by atoms with Crippen LogP contribution in [-0.4, -0.2) is 20.7 Å². The van der Waals surface area contributed by atoms with Crippen molar-refractivity contribution < 1.29 is 4.79 Å². The summed E-state index contributed by atoms with van der Waals surface area (Å²) >= 11 is -0.260. The zero-order chi connectivity index (χ0) is 14.2. The number of benzene rings is 2. The SMILES string of the molecule is N#Cc1ccc(C2(C#N)[Se]c3ccccc3C2=O)cc1. The fourth-order valence-electron chi connectivity index (χ4n) is 2.25. The number of nitriles is 2. The van der Waals surface area contributed by atoms with Crippen LogP contribution in [0.1, 0.15) is 21.5 Å². The summed E-state index contributed by atoms with van der Waals surface area (Å²) in [6.07, 6.45) is 0. The molecule has 0 aliphatic carbocycles. The molecule has 4 heteroatoms. The van der Waals surface area contributed by atoms with Gasteiger partial charge in [0, 0.05) is 0 Å². The topological polar surface area (TPSA) is 64.7 Å². The van der Waals surface area contributed by atoms with Gasteiger partial charge < -0.3 is 0 Å². The van der Waals surface area contributed by atoms with Crippen molar-refractivity contribution in [2.75, 3.05) is 0 Å². The molecule has 0 aromatic heterocycles. The van der Waals surface area contributed by atoms with Crippen LogP contribution in [0.15, 0.2) is 48.5 Å². The summed E-state index contributed by atoms with van der Waals surface area (Å²) in [6, 6.07) is 18.4. The van der Waals surface area contributed by atoms with Crippen LogP contribution in [0.3, 0.4) is 0 Å². The number of fused-ring (bicyclic) bond motifs is 1. The van der Waals surface area contributed by atoms with Crippen molar-refractivity contribution in [3.8, 4) is 12.1 Å². The first kappa shape index (κ1) is 12.6. The van der Waals surface area contributed by atoms with Crippen LogP contribution in [0, 0.1) is 22.7 Å². The molecule has 2 aromatic carbocycles. The van der Waals surface area contributed by atoms with Gasteiger partial charge in [-0.15, -0.1) is 0 Å². The van der Waals surface area contributed by atoms with Gasteiger partial charge in [0.2, 0.25) is 0 Å².